The fourth-order valence-electron chi connectivity index (χ4n) is 0.640. The number of halogens is 1. The second-order valence-electron chi connectivity index (χ2n) is 2.33. The van der Waals surface area contributed by atoms with E-state index in [1.807, 2.05) is 22.6 Å². The lowest BCUT2D eigenvalue weighted by molar-refractivity contribution is -0.141. The summed E-state index contributed by atoms with van der Waals surface area (Å²) in [5.41, 5.74) is 0. The minimum atomic E-state index is -0.211. The third kappa shape index (κ3) is 9.94. The van der Waals surface area contributed by atoms with Gasteiger partial charge >= 0.3 is 5.97 Å². The summed E-state index contributed by atoms with van der Waals surface area (Å²) in [4.78, 5) is 10.7. The number of hydrogen-bond acceptors (Lipinski definition) is 4. The first-order valence-corrected chi connectivity index (χ1v) is 5.81. The zero-order valence-electron chi connectivity index (χ0n) is 8.04. The Balaban J connectivity index is 2.98. The van der Waals surface area contributed by atoms with Gasteiger partial charge in [-0.3, -0.25) is 4.79 Å². The minimum Gasteiger partial charge on any atom is -0.463 e. The van der Waals surface area contributed by atoms with Gasteiger partial charge in [0.15, 0.2) is 0 Å². The smallest absolute Gasteiger partial charge is 0.315 e. The fourth-order valence-corrected chi connectivity index (χ4v) is 0.860. The van der Waals surface area contributed by atoms with E-state index in [-0.39, 0.29) is 5.97 Å². The molecule has 0 aliphatic carbocycles. The van der Waals surface area contributed by atoms with Crippen molar-refractivity contribution in [2.75, 3.05) is 37.5 Å². The molecule has 0 saturated heterocycles. The summed E-state index contributed by atoms with van der Waals surface area (Å²) in [5, 5.41) is 0. The summed E-state index contributed by atoms with van der Waals surface area (Å²) in [6.07, 6.45) is 1.68. The molecule has 0 aliphatic heterocycles. The van der Waals surface area contributed by atoms with Crippen LogP contribution in [0.2, 0.25) is 0 Å². The van der Waals surface area contributed by atoms with Crippen LogP contribution in [0.3, 0.4) is 0 Å². The molecule has 4 nitrogen and oxygen atoms in total. The average Bonchev–Trinajstić information content (AvgIpc) is 2.21. The van der Waals surface area contributed by atoms with Gasteiger partial charge in [-0.2, -0.15) is 0 Å². The molecule has 0 unspecified atom stereocenters. The molecule has 0 fully saturated rings. The number of carbonyl (C=O) groups is 1. The largest absolute Gasteiger partial charge is 0.463 e. The SMILES string of the molecule is C=CCOCCOCCOC(=O)CI. The standard InChI is InChI=1S/C9H15IO4/c1-2-3-12-4-5-13-6-7-14-9(11)8-10/h2H,1,3-8H2. The Bertz CT molecular complexity index is 161. The normalized spacial score (nSPS) is 9.79. The van der Waals surface area contributed by atoms with Crippen molar-refractivity contribution >= 4 is 28.6 Å². The van der Waals surface area contributed by atoms with Gasteiger partial charge in [0.1, 0.15) is 6.61 Å². The van der Waals surface area contributed by atoms with Crippen molar-refractivity contribution in [3.63, 3.8) is 0 Å². The molecule has 0 saturated carbocycles. The fraction of sp³-hybridized carbons (Fsp3) is 0.667. The zero-order valence-corrected chi connectivity index (χ0v) is 10.2. The van der Waals surface area contributed by atoms with E-state index >= 15 is 0 Å². The Morgan fingerprint density at radius 2 is 1.86 bits per heavy atom. The summed E-state index contributed by atoms with van der Waals surface area (Å²) >= 11 is 1.95. The first-order valence-electron chi connectivity index (χ1n) is 4.29. The predicted octanol–water partition coefficient (Wildman–Crippen LogP) is 1.18. The zero-order chi connectivity index (χ0) is 10.6. The van der Waals surface area contributed by atoms with E-state index in [1.165, 1.54) is 0 Å². The van der Waals surface area contributed by atoms with Crippen LogP contribution in [0.1, 0.15) is 0 Å². The van der Waals surface area contributed by atoms with Gasteiger partial charge in [-0.15, -0.1) is 6.58 Å². The van der Waals surface area contributed by atoms with Gasteiger partial charge in [-0.05, 0) is 0 Å². The summed E-state index contributed by atoms with van der Waals surface area (Å²) in [6.45, 7) is 5.82. The van der Waals surface area contributed by atoms with Gasteiger partial charge in [0, 0.05) is 0 Å². The average molecular weight is 314 g/mol. The van der Waals surface area contributed by atoms with Crippen LogP contribution in [0.25, 0.3) is 0 Å². The number of hydrogen-bond donors (Lipinski definition) is 0. The molecule has 5 heteroatoms. The summed E-state index contributed by atoms with van der Waals surface area (Å²) in [7, 11) is 0. The van der Waals surface area contributed by atoms with Crippen molar-refractivity contribution in [3.8, 4) is 0 Å². The molecule has 0 amide bonds. The lowest BCUT2D eigenvalue weighted by Crippen LogP contribution is -2.13. The van der Waals surface area contributed by atoms with Gasteiger partial charge in [-0.1, -0.05) is 28.7 Å². The van der Waals surface area contributed by atoms with Gasteiger partial charge < -0.3 is 14.2 Å². The number of esters is 1. The summed E-state index contributed by atoms with van der Waals surface area (Å²) in [6, 6.07) is 0. The minimum absolute atomic E-state index is 0.211. The lowest BCUT2D eigenvalue weighted by Gasteiger charge is -2.04. The first kappa shape index (κ1) is 13.9. The molecule has 0 spiro atoms. The molecule has 0 atom stereocenters. The van der Waals surface area contributed by atoms with Crippen LogP contribution in [0.15, 0.2) is 12.7 Å². The lowest BCUT2D eigenvalue weighted by atomic mass is 10.6. The van der Waals surface area contributed by atoms with Crippen molar-refractivity contribution in [1.29, 1.82) is 0 Å². The Hall–Kier alpha value is -0.140. The molecular weight excluding hydrogens is 299 g/mol. The summed E-state index contributed by atoms with van der Waals surface area (Å²) in [5.74, 6) is -0.211. The first-order chi connectivity index (χ1) is 6.81. The molecule has 0 aromatic carbocycles. The van der Waals surface area contributed by atoms with E-state index in [1.54, 1.807) is 6.08 Å². The highest BCUT2D eigenvalue weighted by atomic mass is 127. The van der Waals surface area contributed by atoms with Crippen molar-refractivity contribution in [3.05, 3.63) is 12.7 Å². The maximum absolute atomic E-state index is 10.7. The topological polar surface area (TPSA) is 44.8 Å². The molecule has 0 bridgehead atoms. The highest BCUT2D eigenvalue weighted by Gasteiger charge is 1.97. The molecule has 0 aromatic rings. The van der Waals surface area contributed by atoms with Crippen LogP contribution in [0.4, 0.5) is 0 Å². The van der Waals surface area contributed by atoms with Crippen LogP contribution in [0, 0.1) is 0 Å². The Morgan fingerprint density at radius 3 is 2.50 bits per heavy atom. The van der Waals surface area contributed by atoms with E-state index in [0.717, 1.165) is 0 Å². The van der Waals surface area contributed by atoms with Crippen LogP contribution < -0.4 is 0 Å². The van der Waals surface area contributed by atoms with E-state index in [9.17, 15) is 4.79 Å². The molecule has 14 heavy (non-hydrogen) atoms. The maximum atomic E-state index is 10.7. The van der Waals surface area contributed by atoms with E-state index in [4.69, 9.17) is 14.2 Å². The van der Waals surface area contributed by atoms with Gasteiger partial charge in [0.05, 0.1) is 30.9 Å². The Labute approximate surface area is 97.7 Å². The molecule has 0 rings (SSSR count). The molecule has 0 heterocycles. The molecular formula is C9H15IO4. The molecule has 0 radical (unpaired) electrons. The Kier molecular flexibility index (Phi) is 10.8. The number of alkyl halides is 1. The predicted molar refractivity (Wildman–Crippen MR) is 61.7 cm³/mol. The maximum Gasteiger partial charge on any atom is 0.315 e. The van der Waals surface area contributed by atoms with Crippen LogP contribution in [-0.2, 0) is 19.0 Å². The third-order valence-electron chi connectivity index (χ3n) is 1.21. The van der Waals surface area contributed by atoms with Crippen LogP contribution in [0.5, 0.6) is 0 Å². The second-order valence-corrected chi connectivity index (χ2v) is 3.09. The second kappa shape index (κ2) is 10.9. The van der Waals surface area contributed by atoms with Crippen molar-refractivity contribution in [1.82, 2.24) is 0 Å². The number of rotatable bonds is 9. The quantitative estimate of drug-likeness (QED) is 0.211. The number of carbonyl (C=O) groups excluding carboxylic acids is 1. The van der Waals surface area contributed by atoms with Gasteiger partial charge in [0.2, 0.25) is 0 Å². The third-order valence-corrected chi connectivity index (χ3v) is 1.83. The molecule has 0 aliphatic rings. The van der Waals surface area contributed by atoms with Gasteiger partial charge in [-0.25, -0.2) is 0 Å². The Morgan fingerprint density at radius 1 is 1.21 bits per heavy atom. The molecule has 82 valence electrons. The van der Waals surface area contributed by atoms with E-state index in [0.29, 0.717) is 37.5 Å². The molecule has 0 N–H and O–H groups in total. The van der Waals surface area contributed by atoms with Crippen LogP contribution in [-0.4, -0.2) is 43.4 Å². The molecule has 0 aromatic heterocycles. The van der Waals surface area contributed by atoms with Gasteiger partial charge in [0.25, 0.3) is 0 Å². The van der Waals surface area contributed by atoms with Crippen molar-refractivity contribution in [2.45, 2.75) is 0 Å². The van der Waals surface area contributed by atoms with Crippen molar-refractivity contribution < 1.29 is 19.0 Å². The van der Waals surface area contributed by atoms with Crippen LogP contribution >= 0.6 is 22.6 Å². The number of ether oxygens (including phenoxy) is 3. The van der Waals surface area contributed by atoms with E-state index in [2.05, 4.69) is 6.58 Å². The van der Waals surface area contributed by atoms with Crippen molar-refractivity contribution in [2.24, 2.45) is 0 Å². The monoisotopic (exact) mass is 314 g/mol. The summed E-state index contributed by atoms with van der Waals surface area (Å²) < 4.78 is 15.4. The highest BCUT2D eigenvalue weighted by molar-refractivity contribution is 14.1. The van der Waals surface area contributed by atoms with E-state index < -0.39 is 0 Å². The highest BCUT2D eigenvalue weighted by Crippen LogP contribution is 1.86.